The normalized spacial score (nSPS) is 19.3. The molecule has 2 aliphatic heterocycles. The summed E-state index contributed by atoms with van der Waals surface area (Å²) in [5.74, 6) is -10.1. The molecule has 1 aromatic heterocycles. The lowest BCUT2D eigenvalue weighted by atomic mass is 10.0. The van der Waals surface area contributed by atoms with Gasteiger partial charge in [-0.3, -0.25) is 76.9 Å². The Labute approximate surface area is 711 Å². The minimum atomic E-state index is -1.52. The van der Waals surface area contributed by atoms with Gasteiger partial charge in [0.2, 0.25) is 76.8 Å². The Kier molecular flexibility index (Phi) is 50.2. The zero-order valence-corrected chi connectivity index (χ0v) is 70.6. The standard InChI is InChI=1S/C43H60N12O8.C40H72N6O13/c1-47-32-16-17-36(57)48-18-8-7-14-30(37(44)58)51-40(61)34(21-26-23-50-29-13-6-5-12-28(26)29)53-38(59)31(15-9-19-49-43(45)46)52-39(60)33(20-25-10-3-2-4-11-25)54-41(62)35-22-27(56)24-55(35)42(32)63;1-3-4-17-30(29(2)49)44-40(57)33(27-48)46-38(55)31(20-21-34(41)50)45-39(56)32(26-47)43-36(52)28-59-25-24-58-23-22-42-35(51)18-15-13-11-9-7-5-6-8-10-12-14-16-19-37(53)54/h2-6,10-13,23,27,30-35,47,50,56H,7-9,14-22,24H2,1H3,(H2,44,58)(H,48,57)(H,51,61)(H,52,60)(H,53,59)(H,54,62)(H4,45,46,49);30-33,47-48H,3-28H2,1-2H3,(H2,41,50)(H,42,51)(H,43,52)(H,44,57)(H,45,56)(H,46,55)(H,53,54)/t27-,30+,31+,32+,33-,34+,35+;30-,31-,32-,33-/m10/s1. The number of aromatic amines is 1. The Bertz CT molecular complexity index is 3830. The van der Waals surface area contributed by atoms with Crippen LogP contribution < -0.4 is 81.4 Å². The molecule has 5 rings (SSSR count). The second-order valence-corrected chi connectivity index (χ2v) is 30.5. The van der Waals surface area contributed by atoms with Gasteiger partial charge in [-0.15, -0.1) is 0 Å². The third-order valence-corrected chi connectivity index (χ3v) is 20.6. The Balaban J connectivity index is 0.000000514. The average Bonchev–Trinajstić information content (AvgIpc) is 1.62. The van der Waals surface area contributed by atoms with E-state index >= 15 is 0 Å². The van der Waals surface area contributed by atoms with E-state index in [0.29, 0.717) is 49.8 Å². The molecule has 122 heavy (non-hydrogen) atoms. The summed E-state index contributed by atoms with van der Waals surface area (Å²) in [5.41, 5.74) is 24.2. The number of H-pyrrole nitrogens is 1. The number of carbonyl (C=O) groups is 15. The topological polar surface area (TPSA) is 623 Å². The number of rotatable bonds is 49. The number of amides is 13. The number of hydrogen-bond acceptors (Lipinski definition) is 22. The maximum absolute atomic E-state index is 14.4. The monoisotopic (exact) mass is 1720 g/mol. The number of benzene rings is 2. The predicted molar refractivity (Wildman–Crippen MR) is 451 cm³/mol. The van der Waals surface area contributed by atoms with Gasteiger partial charge in [-0.1, -0.05) is 133 Å². The molecule has 0 unspecified atom stereocenters. The molecule has 0 aliphatic carbocycles. The van der Waals surface area contributed by atoms with Crippen LogP contribution in [0.25, 0.3) is 10.9 Å². The fourth-order valence-electron chi connectivity index (χ4n) is 13.7. The number of aliphatic carboxylic acids is 1. The van der Waals surface area contributed by atoms with E-state index in [4.69, 9.17) is 37.5 Å². The van der Waals surface area contributed by atoms with Crippen LogP contribution in [0.3, 0.4) is 0 Å². The number of carboxylic acid groups (broad SMARTS) is 1. The quantitative estimate of drug-likeness (QED) is 0.0178. The molecule has 3 aromatic rings. The van der Waals surface area contributed by atoms with Gasteiger partial charge >= 0.3 is 5.97 Å². The zero-order chi connectivity index (χ0) is 89.7. The number of carboxylic acids is 1. The van der Waals surface area contributed by atoms with Crippen LogP contribution in [0.15, 0.2) is 65.8 Å². The number of aliphatic imine (C=N–C) groups is 1. The molecule has 13 amide bonds. The first-order valence-corrected chi connectivity index (χ1v) is 42.4. The Morgan fingerprint density at radius 2 is 1.18 bits per heavy atom. The Morgan fingerprint density at radius 3 is 1.80 bits per heavy atom. The molecule has 3 heterocycles. The van der Waals surface area contributed by atoms with E-state index < -0.39 is 157 Å². The summed E-state index contributed by atoms with van der Waals surface area (Å²) in [6, 6.07) is 4.00. The highest BCUT2D eigenvalue weighted by Gasteiger charge is 2.43. The zero-order valence-electron chi connectivity index (χ0n) is 70.6. The maximum atomic E-state index is 14.4. The maximum Gasteiger partial charge on any atom is 0.303 e. The van der Waals surface area contributed by atoms with Crippen molar-refractivity contribution in [1.82, 2.24) is 68.4 Å². The number of ketones is 1. The van der Waals surface area contributed by atoms with Crippen molar-refractivity contribution in [2.24, 2.45) is 27.9 Å². The van der Waals surface area contributed by atoms with Crippen LogP contribution in [0.4, 0.5) is 0 Å². The van der Waals surface area contributed by atoms with Crippen LogP contribution in [-0.4, -0.2) is 264 Å². The molecule has 2 saturated heterocycles. The van der Waals surface area contributed by atoms with Gasteiger partial charge in [0.15, 0.2) is 11.7 Å². The van der Waals surface area contributed by atoms with Crippen LogP contribution in [0.1, 0.15) is 198 Å². The Morgan fingerprint density at radius 1 is 0.607 bits per heavy atom. The number of ether oxygens (including phenoxy) is 2. The fourth-order valence-corrected chi connectivity index (χ4v) is 13.7. The first kappa shape index (κ1) is 104. The van der Waals surface area contributed by atoms with Crippen molar-refractivity contribution in [2.45, 2.75) is 267 Å². The van der Waals surface area contributed by atoms with Gasteiger partial charge < -0.3 is 121 Å². The molecule has 2 fully saturated rings. The van der Waals surface area contributed by atoms with Crippen molar-refractivity contribution >= 4 is 105 Å². The van der Waals surface area contributed by atoms with E-state index in [0.717, 1.165) is 68.7 Å². The molecule has 680 valence electrons. The van der Waals surface area contributed by atoms with Crippen LogP contribution in [0.2, 0.25) is 0 Å². The number of aromatic nitrogens is 1. The van der Waals surface area contributed by atoms with Gasteiger partial charge in [-0.25, -0.2) is 0 Å². The van der Waals surface area contributed by atoms with Crippen molar-refractivity contribution in [1.29, 1.82) is 0 Å². The summed E-state index contributed by atoms with van der Waals surface area (Å²) >= 11 is 0. The summed E-state index contributed by atoms with van der Waals surface area (Å²) < 4.78 is 10.7. The average molecular weight is 1720 g/mol. The van der Waals surface area contributed by atoms with Crippen molar-refractivity contribution in [3.05, 3.63) is 71.9 Å². The number of guanidine groups is 1. The molecule has 2 aliphatic rings. The molecular formula is C83H132N18O21. The number of para-hydroxylation sites is 1. The van der Waals surface area contributed by atoms with Crippen molar-refractivity contribution in [3.8, 4) is 0 Å². The van der Waals surface area contributed by atoms with Gasteiger partial charge in [-0.05, 0) is 95.4 Å². The summed E-state index contributed by atoms with van der Waals surface area (Å²) in [7, 11) is 1.55. The third kappa shape index (κ3) is 41.2. The highest BCUT2D eigenvalue weighted by atomic mass is 16.5. The lowest BCUT2D eigenvalue weighted by molar-refractivity contribution is -0.141. The van der Waals surface area contributed by atoms with Crippen LogP contribution >= 0.6 is 0 Å². The first-order valence-electron chi connectivity index (χ1n) is 42.4. The van der Waals surface area contributed by atoms with Crippen molar-refractivity contribution in [3.63, 3.8) is 0 Å². The number of likely N-dealkylation sites (N-methyl/N-ethyl adjacent to an activating group) is 1. The lowest BCUT2D eigenvalue weighted by Crippen LogP contribution is -2.60. The van der Waals surface area contributed by atoms with E-state index in [9.17, 15) is 87.2 Å². The van der Waals surface area contributed by atoms with Gasteiger partial charge in [0.1, 0.15) is 54.9 Å². The number of aliphatic hydroxyl groups is 3. The smallest absolute Gasteiger partial charge is 0.303 e. The number of nitrogens with two attached hydrogens (primary N) is 4. The van der Waals surface area contributed by atoms with Crippen LogP contribution in [-0.2, 0) is 94.2 Å². The largest absolute Gasteiger partial charge is 0.481 e. The SMILES string of the molecule is CCCC[C@H](NC(=O)[C@H](CO)NC(=O)[C@H](CCC(N)=O)NC(=O)[C@H](CO)NC(=O)COCCOCCNC(=O)CCCCCCCCCCCCCCC(=O)O)C(C)=O.CN[C@H]1CCC(=O)NCCCC[C@@H](C(N)=O)NC(=O)[C@H](Cc2c[nH]c3ccccc23)NC(=O)[C@H](CCCN=C(N)N)NC(=O)[C@@H](Cc2ccccc2)NC(=O)[C@@H]2C[C@@H](O)CN2C1=O. The van der Waals surface area contributed by atoms with E-state index in [1.54, 1.807) is 43.6 Å². The number of nitrogens with one attached hydrogen (secondary N) is 12. The van der Waals surface area contributed by atoms with E-state index in [1.165, 1.54) is 37.5 Å². The van der Waals surface area contributed by atoms with Crippen LogP contribution in [0, 0.1) is 0 Å². The number of fused-ring (bicyclic) bond motifs is 2. The van der Waals surface area contributed by atoms with E-state index in [2.05, 4.69) is 68.5 Å². The second-order valence-electron chi connectivity index (χ2n) is 30.5. The summed E-state index contributed by atoms with van der Waals surface area (Å²) in [6.45, 7) is 1.95. The van der Waals surface area contributed by atoms with Gasteiger partial charge in [0, 0.05) is 88.2 Å². The molecule has 2 aromatic carbocycles. The molecule has 0 bridgehead atoms. The summed E-state index contributed by atoms with van der Waals surface area (Å²) in [4.78, 5) is 202. The number of primary amides is 2. The predicted octanol–water partition coefficient (Wildman–Crippen LogP) is -1.29. The number of aliphatic hydroxyl groups excluding tert-OH is 3. The van der Waals surface area contributed by atoms with E-state index in [1.807, 2.05) is 31.2 Å². The minimum absolute atomic E-state index is 0.00470. The molecule has 39 heteroatoms. The van der Waals surface area contributed by atoms with Gasteiger partial charge in [0.25, 0.3) is 0 Å². The molecular weight excluding hydrogens is 1590 g/mol. The molecule has 0 spiro atoms. The minimum Gasteiger partial charge on any atom is -0.481 e. The van der Waals surface area contributed by atoms with Gasteiger partial charge in [-0.2, -0.15) is 0 Å². The van der Waals surface area contributed by atoms with Crippen molar-refractivity contribution in [2.75, 3.05) is 72.9 Å². The first-order chi connectivity index (χ1) is 58.5. The third-order valence-electron chi connectivity index (χ3n) is 20.6. The van der Waals surface area contributed by atoms with Gasteiger partial charge in [0.05, 0.1) is 51.2 Å². The highest BCUT2D eigenvalue weighted by Crippen LogP contribution is 2.23. The summed E-state index contributed by atoms with van der Waals surface area (Å²) in [5, 5.41) is 68.7. The number of hydrogen-bond donors (Lipinski definition) is 20. The number of nitrogens with zero attached hydrogens (tertiary/aromatic N) is 2. The summed E-state index contributed by atoms with van der Waals surface area (Å²) in [6.07, 6.45) is 16.5. The molecule has 11 atom stereocenters. The highest BCUT2D eigenvalue weighted by molar-refractivity contribution is 5.99. The fraction of sp³-hybridized carbons (Fsp3) is 0.639. The second kappa shape index (κ2) is 59.1. The molecule has 0 saturated carbocycles. The van der Waals surface area contributed by atoms with E-state index in [-0.39, 0.29) is 134 Å². The molecule has 24 N–H and O–H groups in total. The molecule has 39 nitrogen and oxygen atoms in total. The molecule has 0 radical (unpaired) electrons. The van der Waals surface area contributed by atoms with Crippen molar-refractivity contribution < 1.29 is 102 Å². The van der Waals surface area contributed by atoms with Crippen LogP contribution in [0.5, 0.6) is 0 Å². The number of carbonyl (C=O) groups excluding carboxylic acids is 14. The lowest BCUT2D eigenvalue weighted by Gasteiger charge is -2.30. The Hall–Kier alpha value is -10.7. The number of unbranched alkanes of at least 4 members (excludes halogenated alkanes) is 12. The number of Topliss-reactive ketones (excluding diaryl/α,β-unsaturated/α-hetero) is 1.